The van der Waals surface area contributed by atoms with Crippen molar-refractivity contribution in [3.63, 3.8) is 0 Å². The number of aromatic nitrogens is 2. The van der Waals surface area contributed by atoms with Crippen LogP contribution < -0.4 is 16.4 Å². The van der Waals surface area contributed by atoms with E-state index < -0.39 is 53.2 Å². The van der Waals surface area contributed by atoms with Gasteiger partial charge in [-0.3, -0.25) is 14.4 Å². The first-order valence-electron chi connectivity index (χ1n) is 14.4. The number of hydrogen-bond acceptors (Lipinski definition) is 9. The lowest BCUT2D eigenvalue weighted by atomic mass is 9.81. The zero-order valence-corrected chi connectivity index (χ0v) is 25.1. The van der Waals surface area contributed by atoms with Crippen LogP contribution in [0.4, 0.5) is 9.18 Å². The van der Waals surface area contributed by atoms with Crippen molar-refractivity contribution in [2.75, 3.05) is 6.61 Å². The zero-order chi connectivity index (χ0) is 31.7. The molecule has 3 aromatic rings. The number of halogens is 1. The molecule has 2 aliphatic heterocycles. The molecule has 12 nitrogen and oxygen atoms in total. The van der Waals surface area contributed by atoms with Gasteiger partial charge in [-0.25, -0.2) is 19.0 Å². The third kappa shape index (κ3) is 4.70. The smallest absolute Gasteiger partial charge is 0.431 e. The number of benzene rings is 1. The Morgan fingerprint density at radius 3 is 2.68 bits per heavy atom. The molecule has 13 heteroatoms. The molecule has 0 bridgehead atoms. The van der Waals surface area contributed by atoms with Gasteiger partial charge in [0.15, 0.2) is 12.2 Å². The largest absolute Gasteiger partial charge is 0.458 e. The number of ether oxygens (including phenoxy) is 2. The number of nitrogens with zero attached hydrogens (tertiary/aromatic N) is 2. The van der Waals surface area contributed by atoms with Gasteiger partial charge in [0.25, 0.3) is 5.56 Å². The third-order valence-corrected chi connectivity index (χ3v) is 8.47. The van der Waals surface area contributed by atoms with Crippen molar-refractivity contribution in [3.05, 3.63) is 61.7 Å². The Labute approximate surface area is 251 Å². The lowest BCUT2D eigenvalue weighted by Crippen LogP contribution is -2.44. The van der Waals surface area contributed by atoms with Crippen LogP contribution in [0.1, 0.15) is 80.0 Å². The number of aliphatic hydroxyl groups is 1. The molecule has 0 fully saturated rings. The van der Waals surface area contributed by atoms with E-state index in [-0.39, 0.29) is 30.7 Å². The van der Waals surface area contributed by atoms with Crippen LogP contribution in [0.3, 0.4) is 0 Å². The fourth-order valence-electron chi connectivity index (χ4n) is 6.39. The molecule has 0 spiro atoms. The van der Waals surface area contributed by atoms with Gasteiger partial charge in [-0.1, -0.05) is 6.92 Å². The van der Waals surface area contributed by atoms with Crippen LogP contribution in [-0.2, 0) is 49.1 Å². The fraction of sp³-hybridized carbons (Fsp3) is 0.452. The molecule has 2 amide bonds. The van der Waals surface area contributed by atoms with E-state index in [1.54, 1.807) is 40.7 Å². The van der Waals surface area contributed by atoms with Gasteiger partial charge in [0.1, 0.15) is 18.0 Å². The summed E-state index contributed by atoms with van der Waals surface area (Å²) in [5, 5.41) is 14.9. The second-order valence-electron chi connectivity index (χ2n) is 12.4. The number of nitrogens with one attached hydrogen (secondary N) is 2. The molecule has 2 aromatic heterocycles. The van der Waals surface area contributed by atoms with Gasteiger partial charge in [0, 0.05) is 22.6 Å². The maximum atomic E-state index is 15.1. The Morgan fingerprint density at radius 2 is 1.98 bits per heavy atom. The number of hydrogen-bond donors (Lipinski definition) is 3. The Morgan fingerprint density at radius 1 is 1.23 bits per heavy atom. The van der Waals surface area contributed by atoms with Crippen molar-refractivity contribution in [3.8, 4) is 11.4 Å². The highest BCUT2D eigenvalue weighted by atomic mass is 19.1. The summed E-state index contributed by atoms with van der Waals surface area (Å²) in [4.78, 5) is 61.0. The van der Waals surface area contributed by atoms with Crippen molar-refractivity contribution >= 4 is 28.9 Å². The van der Waals surface area contributed by atoms with E-state index >= 15 is 4.39 Å². The summed E-state index contributed by atoms with van der Waals surface area (Å²) in [6, 6.07) is 2.40. The monoisotopic (exact) mass is 608 g/mol. The number of aryl methyl sites for hydroxylation is 1. The molecule has 0 saturated heterocycles. The maximum absolute atomic E-state index is 15.1. The first-order chi connectivity index (χ1) is 20.7. The first kappa shape index (κ1) is 29.7. The SMILES string of the molecule is CC[C@@]1(O)C(=O)OCc2c1cc1n(c2=O)Cc2c-1nc1cc(F)c(C)c3c1c2[C@@H](NC(=O)CONC(=O)OC(C)(C)C)CC3. The van der Waals surface area contributed by atoms with Crippen LogP contribution >= 0.6 is 0 Å². The Balaban J connectivity index is 1.41. The predicted octanol–water partition coefficient (Wildman–Crippen LogP) is 3.09. The Hall–Kier alpha value is -4.36. The number of amides is 2. The summed E-state index contributed by atoms with van der Waals surface area (Å²) >= 11 is 0. The van der Waals surface area contributed by atoms with Crippen LogP contribution in [0, 0.1) is 12.7 Å². The quantitative estimate of drug-likeness (QED) is 0.229. The maximum Gasteiger partial charge on any atom is 0.431 e. The van der Waals surface area contributed by atoms with Crippen molar-refractivity contribution in [1.29, 1.82) is 0 Å². The lowest BCUT2D eigenvalue weighted by Gasteiger charge is -2.31. The highest BCUT2D eigenvalue weighted by Crippen LogP contribution is 2.45. The van der Waals surface area contributed by atoms with Gasteiger partial charge in [-0.05, 0) is 69.7 Å². The summed E-state index contributed by atoms with van der Waals surface area (Å²) in [6.07, 6.45) is 0.0710. The molecule has 44 heavy (non-hydrogen) atoms. The molecule has 3 aliphatic rings. The van der Waals surface area contributed by atoms with E-state index in [1.165, 1.54) is 10.6 Å². The second-order valence-corrected chi connectivity index (χ2v) is 12.4. The van der Waals surface area contributed by atoms with Crippen LogP contribution in [0.5, 0.6) is 0 Å². The Bertz CT molecular complexity index is 1830. The Kier molecular flexibility index (Phi) is 7.00. The van der Waals surface area contributed by atoms with E-state index in [2.05, 4.69) is 10.8 Å². The van der Waals surface area contributed by atoms with Crippen molar-refractivity contribution in [1.82, 2.24) is 20.3 Å². The van der Waals surface area contributed by atoms with E-state index in [9.17, 15) is 24.3 Å². The average Bonchev–Trinajstić information content (AvgIpc) is 3.32. The van der Waals surface area contributed by atoms with Gasteiger partial charge in [0.2, 0.25) is 5.91 Å². The number of hydroxylamine groups is 1. The predicted molar refractivity (Wildman–Crippen MR) is 154 cm³/mol. The molecule has 232 valence electrons. The van der Waals surface area contributed by atoms with Gasteiger partial charge in [-0.15, -0.1) is 0 Å². The number of cyclic esters (lactones) is 1. The highest BCUT2D eigenvalue weighted by molar-refractivity contribution is 5.94. The minimum Gasteiger partial charge on any atom is -0.458 e. The third-order valence-electron chi connectivity index (χ3n) is 8.47. The highest BCUT2D eigenvalue weighted by Gasteiger charge is 2.46. The standard InChI is InChI=1S/C31H33FN4O8/c1-6-31(41)18-9-22-26-16(11-36(22)27(38)17(18)12-42-28(31)39)25-20(33-23(37)13-43-35-29(40)44-30(3,4)5)8-7-15-14(2)19(32)10-21(34-26)24(15)25/h9-10,20,41H,6-8,11-13H2,1-5H3,(H,33,37)(H,35,40)/t20-,31-/m0/s1. The number of carbonyl (C=O) groups is 3. The minimum atomic E-state index is -1.99. The summed E-state index contributed by atoms with van der Waals surface area (Å²) in [5.41, 5.74) is 3.09. The average molecular weight is 609 g/mol. The van der Waals surface area contributed by atoms with Crippen LogP contribution in [-0.4, -0.2) is 44.8 Å². The lowest BCUT2D eigenvalue weighted by molar-refractivity contribution is -0.172. The molecule has 4 heterocycles. The molecule has 0 unspecified atom stereocenters. The van der Waals surface area contributed by atoms with Crippen LogP contribution in [0.2, 0.25) is 0 Å². The van der Waals surface area contributed by atoms with Gasteiger partial charge < -0.3 is 24.5 Å². The summed E-state index contributed by atoms with van der Waals surface area (Å²) < 4.78 is 26.9. The number of esters is 1. The van der Waals surface area contributed by atoms with E-state index in [0.717, 1.165) is 5.56 Å². The molecular formula is C31H33FN4O8. The summed E-state index contributed by atoms with van der Waals surface area (Å²) in [7, 11) is 0. The van der Waals surface area contributed by atoms with E-state index in [4.69, 9.17) is 19.3 Å². The number of fused-ring (bicyclic) bond motifs is 5. The van der Waals surface area contributed by atoms with Crippen molar-refractivity contribution in [2.24, 2.45) is 0 Å². The number of rotatable bonds is 5. The minimum absolute atomic E-state index is 0.00219. The first-order valence-corrected chi connectivity index (χ1v) is 14.4. The zero-order valence-electron chi connectivity index (χ0n) is 25.1. The molecule has 0 radical (unpaired) electrons. The topological polar surface area (TPSA) is 158 Å². The van der Waals surface area contributed by atoms with Gasteiger partial charge >= 0.3 is 12.1 Å². The van der Waals surface area contributed by atoms with Crippen molar-refractivity contribution in [2.45, 2.75) is 84.3 Å². The second kappa shape index (κ2) is 10.4. The van der Waals surface area contributed by atoms with Gasteiger partial charge in [0.05, 0.1) is 35.1 Å². The molecule has 0 saturated carbocycles. The summed E-state index contributed by atoms with van der Waals surface area (Å²) in [6.45, 7) is 7.77. The summed E-state index contributed by atoms with van der Waals surface area (Å²) in [5.74, 6) is -1.76. The van der Waals surface area contributed by atoms with Crippen molar-refractivity contribution < 1.29 is 38.2 Å². The van der Waals surface area contributed by atoms with Gasteiger partial charge in [-0.2, -0.15) is 5.48 Å². The van der Waals surface area contributed by atoms with Crippen LogP contribution in [0.25, 0.3) is 22.3 Å². The molecule has 3 N–H and O–H groups in total. The van der Waals surface area contributed by atoms with E-state index in [0.29, 0.717) is 51.8 Å². The van der Waals surface area contributed by atoms with Crippen LogP contribution in [0.15, 0.2) is 16.9 Å². The molecule has 1 aromatic carbocycles. The molecule has 2 atom stereocenters. The molecule has 1 aliphatic carbocycles. The molecule has 6 rings (SSSR count). The number of pyridine rings is 2. The molecular weight excluding hydrogens is 575 g/mol. The number of carbonyl (C=O) groups excluding carboxylic acids is 3. The normalized spacial score (nSPS) is 20.0. The van der Waals surface area contributed by atoms with E-state index in [1.807, 2.05) is 0 Å². The fourth-order valence-corrected chi connectivity index (χ4v) is 6.39.